The zero-order valence-corrected chi connectivity index (χ0v) is 23.5. The summed E-state index contributed by atoms with van der Waals surface area (Å²) in [5, 5.41) is 9.17. The van der Waals surface area contributed by atoms with Gasteiger partial charge >= 0.3 is 6.03 Å². The third kappa shape index (κ3) is 7.10. The number of carbonyl (C=O) groups excluding carboxylic acids is 2. The van der Waals surface area contributed by atoms with E-state index in [9.17, 15) is 9.59 Å². The van der Waals surface area contributed by atoms with E-state index in [1.165, 1.54) is 0 Å². The van der Waals surface area contributed by atoms with E-state index in [0.29, 0.717) is 28.5 Å². The number of benzene rings is 4. The molecule has 5 rings (SSSR count). The van der Waals surface area contributed by atoms with Crippen LogP contribution in [0.15, 0.2) is 97.1 Å². The van der Waals surface area contributed by atoms with Gasteiger partial charge < -0.3 is 30.5 Å². The van der Waals surface area contributed by atoms with E-state index in [1.807, 2.05) is 60.7 Å². The fraction of sp³-hybridized carbons (Fsp3) is 0.188. The molecule has 0 unspecified atom stereocenters. The molecule has 0 radical (unpaired) electrons. The SMILES string of the molecule is COc1ccccc1N1CCN(c2ccc(NC(=O)Nc3cccc(Cl)c3)cc2C(=O)NCc2ccccc2)CC1. The Bertz CT molecular complexity index is 1510. The standard InChI is InChI=1S/C32H32ClN5O3/c1-41-30-13-6-5-12-29(30)38-18-16-37(17-19-38)28-15-14-26(36-32(40)35-25-11-7-10-24(33)20-25)21-27(28)31(39)34-22-23-8-3-2-4-9-23/h2-15,20-21H,16-19,22H2,1H3,(H,34,39)(H2,35,36,40). The van der Waals surface area contributed by atoms with E-state index in [2.05, 4.69) is 31.8 Å². The first-order valence-electron chi connectivity index (χ1n) is 13.4. The smallest absolute Gasteiger partial charge is 0.323 e. The van der Waals surface area contributed by atoms with Gasteiger partial charge in [-0.05, 0) is 54.1 Å². The molecular formula is C32H32ClN5O3. The highest BCUT2D eigenvalue weighted by atomic mass is 35.5. The van der Waals surface area contributed by atoms with Crippen LogP contribution in [-0.2, 0) is 6.54 Å². The first-order valence-corrected chi connectivity index (χ1v) is 13.8. The van der Waals surface area contributed by atoms with E-state index in [4.69, 9.17) is 16.3 Å². The molecule has 3 N–H and O–H groups in total. The van der Waals surface area contributed by atoms with Gasteiger partial charge in [-0.15, -0.1) is 0 Å². The Hall–Kier alpha value is -4.69. The Labute approximate surface area is 244 Å². The third-order valence-electron chi connectivity index (χ3n) is 6.92. The summed E-state index contributed by atoms with van der Waals surface area (Å²) in [5.74, 6) is 0.628. The summed E-state index contributed by atoms with van der Waals surface area (Å²) < 4.78 is 5.56. The molecule has 0 aliphatic carbocycles. The summed E-state index contributed by atoms with van der Waals surface area (Å²) >= 11 is 6.04. The van der Waals surface area contributed by atoms with Crippen LogP contribution < -0.4 is 30.5 Å². The van der Waals surface area contributed by atoms with Crippen LogP contribution in [0.3, 0.4) is 0 Å². The van der Waals surface area contributed by atoms with Gasteiger partial charge in [-0.3, -0.25) is 4.79 Å². The number of hydrogen-bond acceptors (Lipinski definition) is 5. The number of anilines is 4. The molecule has 0 atom stereocenters. The molecule has 9 heteroatoms. The predicted molar refractivity (Wildman–Crippen MR) is 166 cm³/mol. The number of ether oxygens (including phenoxy) is 1. The van der Waals surface area contributed by atoms with Crippen molar-refractivity contribution in [2.75, 3.05) is 53.7 Å². The van der Waals surface area contributed by atoms with Gasteiger partial charge in [0.15, 0.2) is 0 Å². The average molecular weight is 570 g/mol. The minimum atomic E-state index is -0.430. The Kier molecular flexibility index (Phi) is 8.91. The van der Waals surface area contributed by atoms with Crippen LogP contribution in [0.5, 0.6) is 5.75 Å². The lowest BCUT2D eigenvalue weighted by Gasteiger charge is -2.38. The third-order valence-corrected chi connectivity index (χ3v) is 7.16. The number of urea groups is 1. The van der Waals surface area contributed by atoms with Crippen molar-refractivity contribution < 1.29 is 14.3 Å². The minimum Gasteiger partial charge on any atom is -0.495 e. The van der Waals surface area contributed by atoms with Crippen molar-refractivity contribution in [1.29, 1.82) is 0 Å². The van der Waals surface area contributed by atoms with Gasteiger partial charge in [0, 0.05) is 54.8 Å². The molecule has 210 valence electrons. The van der Waals surface area contributed by atoms with E-state index < -0.39 is 6.03 Å². The Balaban J connectivity index is 1.34. The molecule has 1 aliphatic rings. The predicted octanol–water partition coefficient (Wildman–Crippen LogP) is 6.25. The van der Waals surface area contributed by atoms with Crippen LogP contribution in [-0.4, -0.2) is 45.2 Å². The summed E-state index contributed by atoms with van der Waals surface area (Å²) in [6.07, 6.45) is 0. The number of nitrogens with zero attached hydrogens (tertiary/aromatic N) is 2. The second-order valence-electron chi connectivity index (χ2n) is 9.64. The Morgan fingerprint density at radius 3 is 2.12 bits per heavy atom. The van der Waals surface area contributed by atoms with Gasteiger partial charge in [0.25, 0.3) is 5.91 Å². The van der Waals surface area contributed by atoms with Crippen LogP contribution in [0.2, 0.25) is 5.02 Å². The lowest BCUT2D eigenvalue weighted by molar-refractivity contribution is 0.0951. The summed E-state index contributed by atoms with van der Waals surface area (Å²) in [7, 11) is 1.68. The van der Waals surface area contributed by atoms with E-state index in [-0.39, 0.29) is 5.91 Å². The second-order valence-corrected chi connectivity index (χ2v) is 10.1. The molecule has 0 bridgehead atoms. The molecule has 1 aliphatic heterocycles. The molecule has 1 saturated heterocycles. The highest BCUT2D eigenvalue weighted by Crippen LogP contribution is 2.31. The molecular weight excluding hydrogens is 538 g/mol. The van der Waals surface area contributed by atoms with Crippen LogP contribution in [0.25, 0.3) is 0 Å². The largest absolute Gasteiger partial charge is 0.495 e. The number of hydrogen-bond donors (Lipinski definition) is 3. The number of piperazine rings is 1. The summed E-state index contributed by atoms with van der Waals surface area (Å²) in [4.78, 5) is 30.7. The van der Waals surface area contributed by atoms with Crippen LogP contribution in [0.4, 0.5) is 27.5 Å². The van der Waals surface area contributed by atoms with Crippen LogP contribution >= 0.6 is 11.6 Å². The highest BCUT2D eigenvalue weighted by Gasteiger charge is 2.24. The number of methoxy groups -OCH3 is 1. The van der Waals surface area contributed by atoms with Gasteiger partial charge in [0.1, 0.15) is 5.75 Å². The van der Waals surface area contributed by atoms with E-state index >= 15 is 0 Å². The van der Waals surface area contributed by atoms with Crippen molar-refractivity contribution in [2.24, 2.45) is 0 Å². The molecule has 0 spiro atoms. The van der Waals surface area contributed by atoms with Gasteiger partial charge in [0.05, 0.1) is 18.4 Å². The van der Waals surface area contributed by atoms with E-state index in [1.54, 1.807) is 37.4 Å². The molecule has 41 heavy (non-hydrogen) atoms. The van der Waals surface area contributed by atoms with Gasteiger partial charge in [0.2, 0.25) is 0 Å². The molecule has 1 fully saturated rings. The van der Waals surface area contributed by atoms with Gasteiger partial charge in [-0.2, -0.15) is 0 Å². The van der Waals surface area contributed by atoms with Gasteiger partial charge in [-0.25, -0.2) is 4.79 Å². The maximum absolute atomic E-state index is 13.5. The van der Waals surface area contributed by atoms with Crippen LogP contribution in [0.1, 0.15) is 15.9 Å². The molecule has 3 amide bonds. The second kappa shape index (κ2) is 13.1. The first-order chi connectivity index (χ1) is 20.0. The fourth-order valence-corrected chi connectivity index (χ4v) is 5.07. The summed E-state index contributed by atoms with van der Waals surface area (Å²) in [6.45, 7) is 3.38. The lowest BCUT2D eigenvalue weighted by Crippen LogP contribution is -2.47. The molecule has 0 saturated carbocycles. The minimum absolute atomic E-state index is 0.213. The van der Waals surface area contributed by atoms with Gasteiger partial charge in [-0.1, -0.05) is 60.1 Å². The van der Waals surface area contributed by atoms with Crippen molar-refractivity contribution in [3.05, 3.63) is 113 Å². The van der Waals surface area contributed by atoms with Crippen LogP contribution in [0, 0.1) is 0 Å². The molecule has 8 nitrogen and oxygen atoms in total. The molecule has 0 aromatic heterocycles. The van der Waals surface area contributed by atoms with Crippen molar-refractivity contribution in [3.63, 3.8) is 0 Å². The summed E-state index contributed by atoms with van der Waals surface area (Å²) in [6, 6.07) is 29.7. The number of carbonyl (C=O) groups is 2. The average Bonchev–Trinajstić information content (AvgIpc) is 3.00. The summed E-state index contributed by atoms with van der Waals surface area (Å²) in [5.41, 5.74) is 4.44. The highest BCUT2D eigenvalue weighted by molar-refractivity contribution is 6.30. The van der Waals surface area contributed by atoms with Crippen molar-refractivity contribution >= 4 is 46.3 Å². The van der Waals surface area contributed by atoms with Crippen molar-refractivity contribution in [2.45, 2.75) is 6.54 Å². The topological polar surface area (TPSA) is 85.9 Å². The maximum Gasteiger partial charge on any atom is 0.323 e. The Morgan fingerprint density at radius 2 is 1.41 bits per heavy atom. The number of para-hydroxylation sites is 2. The lowest BCUT2D eigenvalue weighted by atomic mass is 10.1. The normalized spacial score (nSPS) is 12.9. The van der Waals surface area contributed by atoms with Crippen molar-refractivity contribution in [1.82, 2.24) is 5.32 Å². The number of nitrogens with one attached hydrogen (secondary N) is 3. The number of halogens is 1. The zero-order chi connectivity index (χ0) is 28.6. The van der Waals surface area contributed by atoms with E-state index in [0.717, 1.165) is 48.9 Å². The maximum atomic E-state index is 13.5. The Morgan fingerprint density at radius 1 is 0.756 bits per heavy atom. The number of amides is 3. The number of rotatable bonds is 8. The molecule has 4 aromatic carbocycles. The quantitative estimate of drug-likeness (QED) is 0.233. The fourth-order valence-electron chi connectivity index (χ4n) is 4.88. The monoisotopic (exact) mass is 569 g/mol. The zero-order valence-electron chi connectivity index (χ0n) is 22.8. The van der Waals surface area contributed by atoms with Crippen molar-refractivity contribution in [3.8, 4) is 5.75 Å². The molecule has 4 aromatic rings. The first kappa shape index (κ1) is 27.9. The molecule has 1 heterocycles.